The summed E-state index contributed by atoms with van der Waals surface area (Å²) < 4.78 is 5.20. The van der Waals surface area contributed by atoms with Crippen LogP contribution < -0.4 is 10.1 Å². The van der Waals surface area contributed by atoms with Crippen LogP contribution in [0.1, 0.15) is 44.2 Å². The predicted octanol–water partition coefficient (Wildman–Crippen LogP) is 4.35. The molecule has 0 aliphatic rings. The van der Waals surface area contributed by atoms with E-state index >= 15 is 0 Å². The first kappa shape index (κ1) is 20.0. The number of Topliss-reactive ketones (excluding diaryl/α,β-unsaturated/α-hetero) is 1. The summed E-state index contributed by atoms with van der Waals surface area (Å²) >= 11 is 6.13. The number of halogens is 1. The van der Waals surface area contributed by atoms with Gasteiger partial charge in [0.25, 0.3) is 5.91 Å². The average molecular weight is 374 g/mol. The molecular formula is C21H24ClNO3. The number of benzene rings is 2. The lowest BCUT2D eigenvalue weighted by atomic mass is 9.87. The second kappa shape index (κ2) is 8.37. The van der Waals surface area contributed by atoms with Crippen LogP contribution in [-0.4, -0.2) is 24.3 Å². The summed E-state index contributed by atoms with van der Waals surface area (Å²) in [5.74, 6) is -0.563. The molecule has 2 aromatic carbocycles. The zero-order valence-electron chi connectivity index (χ0n) is 15.5. The second-order valence-electron chi connectivity index (χ2n) is 7.21. The van der Waals surface area contributed by atoms with E-state index in [0.29, 0.717) is 5.02 Å². The Hall–Kier alpha value is -2.33. The zero-order chi connectivity index (χ0) is 19.3. The number of rotatable bonds is 6. The summed E-state index contributed by atoms with van der Waals surface area (Å²) in [6.07, 6.45) is 0.0641. The Kier molecular flexibility index (Phi) is 6.43. The molecule has 0 aliphatic heterocycles. The third-order valence-electron chi connectivity index (χ3n) is 3.90. The molecule has 1 amide bonds. The third-order valence-corrected chi connectivity index (χ3v) is 4.14. The van der Waals surface area contributed by atoms with E-state index in [1.54, 1.807) is 13.2 Å². The van der Waals surface area contributed by atoms with Gasteiger partial charge >= 0.3 is 0 Å². The molecule has 0 heterocycles. The Balaban J connectivity index is 2.31. The van der Waals surface area contributed by atoms with Gasteiger partial charge in [-0.15, -0.1) is 0 Å². The molecule has 0 aliphatic carbocycles. The van der Waals surface area contributed by atoms with Crippen LogP contribution in [-0.2, 0) is 9.59 Å². The van der Waals surface area contributed by atoms with Gasteiger partial charge in [0.2, 0.25) is 5.78 Å². The van der Waals surface area contributed by atoms with Gasteiger partial charge in [0.05, 0.1) is 7.11 Å². The van der Waals surface area contributed by atoms with E-state index in [1.807, 2.05) is 63.2 Å². The van der Waals surface area contributed by atoms with Crippen molar-refractivity contribution in [3.8, 4) is 5.75 Å². The summed E-state index contributed by atoms with van der Waals surface area (Å²) in [6, 6.07) is 14.8. The highest BCUT2D eigenvalue weighted by molar-refractivity contribution is 6.36. The lowest BCUT2D eigenvalue weighted by Gasteiger charge is -2.22. The summed E-state index contributed by atoms with van der Waals surface area (Å²) in [5.41, 5.74) is 1.35. The van der Waals surface area contributed by atoms with E-state index in [0.717, 1.165) is 16.9 Å². The van der Waals surface area contributed by atoms with Gasteiger partial charge in [0.1, 0.15) is 5.75 Å². The second-order valence-corrected chi connectivity index (χ2v) is 7.65. The fraction of sp³-hybridized carbons (Fsp3) is 0.333. The topological polar surface area (TPSA) is 55.4 Å². The first-order valence-electron chi connectivity index (χ1n) is 8.44. The molecule has 0 fully saturated rings. The van der Waals surface area contributed by atoms with Crippen molar-refractivity contribution < 1.29 is 14.3 Å². The zero-order valence-corrected chi connectivity index (χ0v) is 16.3. The highest BCUT2D eigenvalue weighted by atomic mass is 35.5. The van der Waals surface area contributed by atoms with Gasteiger partial charge in [0, 0.05) is 22.9 Å². The van der Waals surface area contributed by atoms with Crippen LogP contribution in [0.15, 0.2) is 48.5 Å². The fourth-order valence-electron chi connectivity index (χ4n) is 2.68. The SMILES string of the molecule is COc1ccc([C@H](CC(=O)C(=O)NC(C)(C)C)c2cccc(Cl)c2)cc1. The maximum Gasteiger partial charge on any atom is 0.287 e. The summed E-state index contributed by atoms with van der Waals surface area (Å²) in [7, 11) is 1.60. The van der Waals surface area contributed by atoms with Crippen LogP contribution in [0.4, 0.5) is 0 Å². The lowest BCUT2D eigenvalue weighted by molar-refractivity contribution is -0.139. The van der Waals surface area contributed by atoms with E-state index in [4.69, 9.17) is 16.3 Å². The quantitative estimate of drug-likeness (QED) is 0.765. The number of carbonyl (C=O) groups is 2. The Morgan fingerprint density at radius 3 is 2.27 bits per heavy atom. The number of nitrogens with one attached hydrogen (secondary N) is 1. The number of amides is 1. The van der Waals surface area contributed by atoms with Gasteiger partial charge in [-0.05, 0) is 56.2 Å². The molecule has 0 saturated heterocycles. The minimum absolute atomic E-state index is 0.0641. The smallest absolute Gasteiger partial charge is 0.287 e. The molecule has 2 rings (SSSR count). The van der Waals surface area contributed by atoms with Crippen molar-refractivity contribution in [3.63, 3.8) is 0 Å². The van der Waals surface area contributed by atoms with Crippen molar-refractivity contribution in [2.24, 2.45) is 0 Å². The minimum atomic E-state index is -0.571. The van der Waals surface area contributed by atoms with Crippen molar-refractivity contribution in [2.45, 2.75) is 38.6 Å². The first-order valence-corrected chi connectivity index (χ1v) is 8.82. The van der Waals surface area contributed by atoms with Gasteiger partial charge in [-0.25, -0.2) is 0 Å². The van der Waals surface area contributed by atoms with Gasteiger partial charge in [-0.2, -0.15) is 0 Å². The van der Waals surface area contributed by atoms with Crippen LogP contribution >= 0.6 is 11.6 Å². The molecule has 26 heavy (non-hydrogen) atoms. The van der Waals surface area contributed by atoms with Crippen molar-refractivity contribution in [1.82, 2.24) is 5.32 Å². The van der Waals surface area contributed by atoms with Crippen LogP contribution in [0.2, 0.25) is 5.02 Å². The van der Waals surface area contributed by atoms with Gasteiger partial charge < -0.3 is 10.1 Å². The van der Waals surface area contributed by atoms with Gasteiger partial charge in [-0.1, -0.05) is 35.9 Å². The number of carbonyl (C=O) groups excluding carboxylic acids is 2. The third kappa shape index (κ3) is 5.60. The molecular weight excluding hydrogens is 350 g/mol. The Morgan fingerprint density at radius 2 is 1.73 bits per heavy atom. The molecule has 0 spiro atoms. The molecule has 4 nitrogen and oxygen atoms in total. The number of ether oxygens (including phenoxy) is 1. The van der Waals surface area contributed by atoms with E-state index in [-0.39, 0.29) is 12.3 Å². The normalized spacial score (nSPS) is 12.3. The molecule has 1 N–H and O–H groups in total. The highest BCUT2D eigenvalue weighted by Gasteiger charge is 2.25. The van der Waals surface area contributed by atoms with Gasteiger partial charge in [0.15, 0.2) is 0 Å². The van der Waals surface area contributed by atoms with E-state index < -0.39 is 17.2 Å². The van der Waals surface area contributed by atoms with Crippen molar-refractivity contribution in [3.05, 3.63) is 64.7 Å². The Bertz CT molecular complexity index is 779. The summed E-state index contributed by atoms with van der Waals surface area (Å²) in [5, 5.41) is 3.31. The maximum absolute atomic E-state index is 12.5. The van der Waals surface area contributed by atoms with Crippen LogP contribution in [0, 0.1) is 0 Å². The molecule has 0 aromatic heterocycles. The van der Waals surface area contributed by atoms with Crippen LogP contribution in [0.3, 0.4) is 0 Å². The summed E-state index contributed by atoms with van der Waals surface area (Å²) in [6.45, 7) is 5.53. The molecule has 5 heteroatoms. The Labute approximate surface area is 159 Å². The standard InChI is InChI=1S/C21H24ClNO3/c1-21(2,3)23-20(25)19(24)13-18(15-6-5-7-16(22)12-15)14-8-10-17(26-4)11-9-14/h5-12,18H,13H2,1-4H3,(H,23,25)/t18-/m0/s1. The molecule has 0 bridgehead atoms. The first-order chi connectivity index (χ1) is 12.2. The molecule has 0 radical (unpaired) electrons. The van der Waals surface area contributed by atoms with Crippen molar-refractivity contribution in [1.29, 1.82) is 0 Å². The van der Waals surface area contributed by atoms with E-state index in [2.05, 4.69) is 5.32 Å². The number of ketones is 1. The monoisotopic (exact) mass is 373 g/mol. The molecule has 0 unspecified atom stereocenters. The van der Waals surface area contributed by atoms with Crippen molar-refractivity contribution in [2.75, 3.05) is 7.11 Å². The lowest BCUT2D eigenvalue weighted by Crippen LogP contribution is -2.44. The molecule has 0 saturated carbocycles. The number of hydrogen-bond acceptors (Lipinski definition) is 3. The molecule has 2 aromatic rings. The maximum atomic E-state index is 12.5. The number of hydrogen-bond donors (Lipinski definition) is 1. The average Bonchev–Trinajstić information content (AvgIpc) is 2.58. The number of methoxy groups -OCH3 is 1. The van der Waals surface area contributed by atoms with E-state index in [9.17, 15) is 9.59 Å². The largest absolute Gasteiger partial charge is 0.497 e. The van der Waals surface area contributed by atoms with E-state index in [1.165, 1.54) is 0 Å². The fourth-order valence-corrected chi connectivity index (χ4v) is 2.87. The van der Waals surface area contributed by atoms with Crippen LogP contribution in [0.25, 0.3) is 0 Å². The van der Waals surface area contributed by atoms with Gasteiger partial charge in [-0.3, -0.25) is 9.59 Å². The van der Waals surface area contributed by atoms with Crippen LogP contribution in [0.5, 0.6) is 5.75 Å². The molecule has 138 valence electrons. The highest BCUT2D eigenvalue weighted by Crippen LogP contribution is 2.31. The predicted molar refractivity (Wildman–Crippen MR) is 104 cm³/mol. The molecule has 1 atom stereocenters. The van der Waals surface area contributed by atoms with Crippen molar-refractivity contribution >= 4 is 23.3 Å². The minimum Gasteiger partial charge on any atom is -0.497 e. The summed E-state index contributed by atoms with van der Waals surface area (Å²) in [4.78, 5) is 24.7. The Morgan fingerprint density at radius 1 is 1.08 bits per heavy atom.